The van der Waals surface area contributed by atoms with Crippen LogP contribution in [0, 0.1) is 0 Å². The average Bonchev–Trinajstić information content (AvgIpc) is 3.62. The zero-order chi connectivity index (χ0) is 23.9. The van der Waals surface area contributed by atoms with Crippen molar-refractivity contribution in [3.05, 3.63) is 71.4 Å². The fraction of sp³-hybridized carbons (Fsp3) is 0.222. The maximum absolute atomic E-state index is 12.4. The van der Waals surface area contributed by atoms with Crippen molar-refractivity contribution in [1.82, 2.24) is 19.4 Å². The standard InChI is InChI=1S/C27H25N5O2S/c1-34-19-9-6-17(7-10-19)15-32-23(16-31-12-2-5-24(31)33)30-25-26(32)20-11-8-18(22-4-3-13-35-22)14-21(20)29-27(25)28/h3-4,6-11,13-14H,2,5,12,15-16H2,1H3,(H2,28,29). The Morgan fingerprint density at radius 3 is 2.66 bits per heavy atom. The van der Waals surface area contributed by atoms with Crippen LogP contribution in [0.3, 0.4) is 0 Å². The summed E-state index contributed by atoms with van der Waals surface area (Å²) in [6.45, 7) is 1.81. The Morgan fingerprint density at radius 2 is 1.94 bits per heavy atom. The summed E-state index contributed by atoms with van der Waals surface area (Å²) in [6.07, 6.45) is 1.48. The zero-order valence-corrected chi connectivity index (χ0v) is 20.2. The number of benzene rings is 2. The molecule has 4 heterocycles. The molecule has 0 radical (unpaired) electrons. The van der Waals surface area contributed by atoms with Gasteiger partial charge >= 0.3 is 0 Å². The van der Waals surface area contributed by atoms with Crippen LogP contribution >= 0.6 is 11.3 Å². The van der Waals surface area contributed by atoms with Crippen LogP contribution in [0.5, 0.6) is 5.75 Å². The zero-order valence-electron chi connectivity index (χ0n) is 19.4. The highest BCUT2D eigenvalue weighted by Crippen LogP contribution is 2.34. The van der Waals surface area contributed by atoms with Crippen LogP contribution in [0.4, 0.5) is 5.82 Å². The highest BCUT2D eigenvalue weighted by Gasteiger charge is 2.25. The van der Waals surface area contributed by atoms with Gasteiger partial charge in [-0.05, 0) is 53.3 Å². The topological polar surface area (TPSA) is 86.3 Å². The van der Waals surface area contributed by atoms with Gasteiger partial charge in [-0.2, -0.15) is 0 Å². The number of ether oxygens (including phenoxy) is 1. The van der Waals surface area contributed by atoms with E-state index in [0.717, 1.165) is 52.1 Å². The molecule has 0 bridgehead atoms. The molecule has 0 spiro atoms. The van der Waals surface area contributed by atoms with Crippen LogP contribution in [-0.2, 0) is 17.9 Å². The van der Waals surface area contributed by atoms with Crippen molar-refractivity contribution < 1.29 is 9.53 Å². The Morgan fingerprint density at radius 1 is 1.09 bits per heavy atom. The number of thiophene rings is 1. The molecule has 1 saturated heterocycles. The van der Waals surface area contributed by atoms with E-state index in [0.29, 0.717) is 30.8 Å². The summed E-state index contributed by atoms with van der Waals surface area (Å²) in [5, 5.41) is 3.06. The minimum absolute atomic E-state index is 0.171. The molecule has 0 unspecified atom stereocenters. The summed E-state index contributed by atoms with van der Waals surface area (Å²) in [6, 6.07) is 18.5. The molecule has 3 aromatic heterocycles. The molecule has 1 aliphatic rings. The van der Waals surface area contributed by atoms with Crippen LogP contribution in [0.1, 0.15) is 24.2 Å². The number of hydrogen-bond donors (Lipinski definition) is 1. The second kappa shape index (κ2) is 8.70. The number of fused-ring (bicyclic) bond motifs is 3. The van der Waals surface area contributed by atoms with E-state index >= 15 is 0 Å². The van der Waals surface area contributed by atoms with Gasteiger partial charge in [-0.3, -0.25) is 4.79 Å². The third-order valence-electron chi connectivity index (χ3n) is 6.59. The SMILES string of the molecule is COc1ccc(Cn2c(CN3CCCC3=O)nc3c(N)nc4cc(-c5cccs5)ccc4c32)cc1. The van der Waals surface area contributed by atoms with Gasteiger partial charge in [-0.15, -0.1) is 11.3 Å². The Labute approximate surface area is 206 Å². The second-order valence-corrected chi connectivity index (χ2v) is 9.73. The molecular weight excluding hydrogens is 458 g/mol. The largest absolute Gasteiger partial charge is 0.497 e. The van der Waals surface area contributed by atoms with Crippen molar-refractivity contribution in [3.63, 3.8) is 0 Å². The molecule has 176 valence electrons. The van der Waals surface area contributed by atoms with Crippen molar-refractivity contribution >= 4 is 45.0 Å². The first-order valence-electron chi connectivity index (χ1n) is 11.6. The first-order valence-corrected chi connectivity index (χ1v) is 12.5. The van der Waals surface area contributed by atoms with E-state index < -0.39 is 0 Å². The predicted molar refractivity (Wildman–Crippen MR) is 140 cm³/mol. The molecule has 1 aliphatic heterocycles. The number of amides is 1. The van der Waals surface area contributed by atoms with E-state index in [1.807, 2.05) is 23.1 Å². The Kier molecular flexibility index (Phi) is 5.37. The lowest BCUT2D eigenvalue weighted by Crippen LogP contribution is -2.26. The number of methoxy groups -OCH3 is 1. The van der Waals surface area contributed by atoms with E-state index in [4.69, 9.17) is 20.4 Å². The van der Waals surface area contributed by atoms with Crippen LogP contribution in [0.15, 0.2) is 60.0 Å². The third-order valence-corrected chi connectivity index (χ3v) is 7.51. The van der Waals surface area contributed by atoms with Crippen molar-refractivity contribution in [2.75, 3.05) is 19.4 Å². The summed E-state index contributed by atoms with van der Waals surface area (Å²) in [5.74, 6) is 2.20. The maximum atomic E-state index is 12.4. The fourth-order valence-electron chi connectivity index (χ4n) is 4.80. The average molecular weight is 484 g/mol. The quantitative estimate of drug-likeness (QED) is 0.364. The number of nitrogen functional groups attached to an aromatic ring is 1. The van der Waals surface area contributed by atoms with Crippen molar-refractivity contribution in [1.29, 1.82) is 0 Å². The number of imidazole rings is 1. The number of pyridine rings is 1. The van der Waals surface area contributed by atoms with Crippen molar-refractivity contribution in [2.45, 2.75) is 25.9 Å². The van der Waals surface area contributed by atoms with Gasteiger partial charge in [0.1, 0.15) is 17.1 Å². The minimum Gasteiger partial charge on any atom is -0.497 e. The molecule has 1 amide bonds. The lowest BCUT2D eigenvalue weighted by atomic mass is 10.1. The molecular formula is C27H25N5O2S. The molecule has 0 atom stereocenters. The summed E-state index contributed by atoms with van der Waals surface area (Å²) in [7, 11) is 1.66. The molecule has 8 heteroatoms. The first-order chi connectivity index (χ1) is 17.1. The van der Waals surface area contributed by atoms with Crippen LogP contribution in [0.25, 0.3) is 32.4 Å². The summed E-state index contributed by atoms with van der Waals surface area (Å²) < 4.78 is 7.52. The summed E-state index contributed by atoms with van der Waals surface area (Å²) in [4.78, 5) is 25.1. The number of rotatable bonds is 6. The predicted octanol–water partition coefficient (Wildman–Crippen LogP) is 5.07. The number of nitrogens with two attached hydrogens (primary N) is 1. The number of likely N-dealkylation sites (tertiary alicyclic amines) is 1. The third kappa shape index (κ3) is 3.89. The van der Waals surface area contributed by atoms with Crippen molar-refractivity contribution in [2.24, 2.45) is 0 Å². The molecule has 2 aromatic carbocycles. The number of anilines is 1. The second-order valence-electron chi connectivity index (χ2n) is 8.78. The molecule has 7 nitrogen and oxygen atoms in total. The molecule has 0 aliphatic carbocycles. The van der Waals surface area contributed by atoms with Gasteiger partial charge in [0.25, 0.3) is 0 Å². The van der Waals surface area contributed by atoms with Gasteiger partial charge in [-0.1, -0.05) is 24.3 Å². The molecule has 6 rings (SSSR count). The van der Waals surface area contributed by atoms with Crippen LogP contribution in [0.2, 0.25) is 0 Å². The number of carbonyl (C=O) groups excluding carboxylic acids is 1. The van der Waals surface area contributed by atoms with Crippen LogP contribution in [-0.4, -0.2) is 39.0 Å². The fourth-order valence-corrected chi connectivity index (χ4v) is 5.52. The highest BCUT2D eigenvalue weighted by atomic mass is 32.1. The molecule has 0 saturated carbocycles. The van der Waals surface area contributed by atoms with Gasteiger partial charge < -0.3 is 19.9 Å². The molecule has 5 aromatic rings. The minimum atomic E-state index is 0.171. The Hall–Kier alpha value is -3.91. The van der Waals surface area contributed by atoms with E-state index in [1.165, 1.54) is 4.88 Å². The molecule has 35 heavy (non-hydrogen) atoms. The van der Waals surface area contributed by atoms with E-state index in [2.05, 4.69) is 46.3 Å². The van der Waals surface area contributed by atoms with Gasteiger partial charge in [0.05, 0.1) is 24.7 Å². The van der Waals surface area contributed by atoms with E-state index in [-0.39, 0.29) is 5.91 Å². The van der Waals surface area contributed by atoms with Crippen LogP contribution < -0.4 is 10.5 Å². The highest BCUT2D eigenvalue weighted by molar-refractivity contribution is 7.13. The lowest BCUT2D eigenvalue weighted by molar-refractivity contribution is -0.128. The van der Waals surface area contributed by atoms with E-state index in [9.17, 15) is 4.79 Å². The van der Waals surface area contributed by atoms with Gasteiger partial charge in [0.2, 0.25) is 5.91 Å². The monoisotopic (exact) mass is 483 g/mol. The smallest absolute Gasteiger partial charge is 0.223 e. The molecule has 1 fully saturated rings. The number of nitrogens with zero attached hydrogens (tertiary/aromatic N) is 4. The molecule has 2 N–H and O–H groups in total. The Balaban J connectivity index is 1.53. The first kappa shape index (κ1) is 21.6. The number of carbonyl (C=O) groups is 1. The normalized spacial score (nSPS) is 13.9. The summed E-state index contributed by atoms with van der Waals surface area (Å²) in [5.41, 5.74) is 11.1. The number of aromatic nitrogens is 3. The Bertz CT molecular complexity index is 1540. The van der Waals surface area contributed by atoms with Gasteiger partial charge in [-0.25, -0.2) is 9.97 Å². The van der Waals surface area contributed by atoms with Gasteiger partial charge in [0.15, 0.2) is 5.82 Å². The van der Waals surface area contributed by atoms with E-state index in [1.54, 1.807) is 18.4 Å². The summed E-state index contributed by atoms with van der Waals surface area (Å²) >= 11 is 1.70. The van der Waals surface area contributed by atoms with Crippen molar-refractivity contribution in [3.8, 4) is 16.2 Å². The maximum Gasteiger partial charge on any atom is 0.223 e. The lowest BCUT2D eigenvalue weighted by Gasteiger charge is -2.17. The number of hydrogen-bond acceptors (Lipinski definition) is 6. The van der Waals surface area contributed by atoms with Gasteiger partial charge in [0, 0.05) is 29.8 Å².